The summed E-state index contributed by atoms with van der Waals surface area (Å²) in [6.45, 7) is 6.99. The van der Waals surface area contributed by atoms with Crippen molar-refractivity contribution in [2.45, 2.75) is 64.5 Å². The van der Waals surface area contributed by atoms with Crippen LogP contribution in [-0.4, -0.2) is 25.2 Å². The fraction of sp³-hybridized carbons (Fsp3) is 0.538. The van der Waals surface area contributed by atoms with Gasteiger partial charge in [0, 0.05) is 12.1 Å². The van der Waals surface area contributed by atoms with E-state index < -0.39 is 0 Å². The van der Waals surface area contributed by atoms with Gasteiger partial charge in [-0.2, -0.15) is 0 Å². The van der Waals surface area contributed by atoms with E-state index in [4.69, 9.17) is 0 Å². The van der Waals surface area contributed by atoms with Crippen molar-refractivity contribution in [3.63, 3.8) is 0 Å². The van der Waals surface area contributed by atoms with Gasteiger partial charge < -0.3 is 10.6 Å². The van der Waals surface area contributed by atoms with Gasteiger partial charge in [0.05, 0.1) is 0 Å². The minimum absolute atomic E-state index is 0. The minimum atomic E-state index is 0. The van der Waals surface area contributed by atoms with Crippen LogP contribution in [0.1, 0.15) is 50.7 Å². The normalized spacial score (nSPS) is 20.5. The third kappa shape index (κ3) is 9.83. The van der Waals surface area contributed by atoms with Gasteiger partial charge >= 0.3 is 0 Å². The van der Waals surface area contributed by atoms with Crippen molar-refractivity contribution in [3.8, 4) is 0 Å². The second-order valence-electron chi connectivity index (χ2n) is 8.88. The van der Waals surface area contributed by atoms with Crippen LogP contribution in [0.25, 0.3) is 0 Å². The zero-order valence-corrected chi connectivity index (χ0v) is 20.2. The van der Waals surface area contributed by atoms with E-state index >= 15 is 0 Å². The molecule has 1 aliphatic rings. The minimum Gasteiger partial charge on any atom is -0.314 e. The summed E-state index contributed by atoms with van der Waals surface area (Å²) in [6.07, 6.45) is 7.77. The molecule has 0 heterocycles. The lowest BCUT2D eigenvalue weighted by Gasteiger charge is -2.30. The van der Waals surface area contributed by atoms with Crippen molar-refractivity contribution in [1.29, 1.82) is 0 Å². The maximum Gasteiger partial charge on any atom is 0.00792 e. The largest absolute Gasteiger partial charge is 0.314 e. The summed E-state index contributed by atoms with van der Waals surface area (Å²) >= 11 is 0. The number of halogens is 2. The molecule has 168 valence electrons. The first-order chi connectivity index (χ1) is 13.7. The molecule has 0 amide bonds. The van der Waals surface area contributed by atoms with Gasteiger partial charge in [-0.15, -0.1) is 24.8 Å². The molecule has 2 aromatic carbocycles. The topological polar surface area (TPSA) is 24.1 Å². The quantitative estimate of drug-likeness (QED) is 0.458. The molecule has 0 saturated heterocycles. The van der Waals surface area contributed by atoms with E-state index in [-0.39, 0.29) is 24.8 Å². The first kappa shape index (κ1) is 27.0. The van der Waals surface area contributed by atoms with Crippen LogP contribution < -0.4 is 10.6 Å². The van der Waals surface area contributed by atoms with Crippen molar-refractivity contribution in [3.05, 3.63) is 71.8 Å². The lowest BCUT2D eigenvalue weighted by molar-refractivity contribution is 0.252. The molecular weight excluding hydrogens is 411 g/mol. The van der Waals surface area contributed by atoms with E-state index in [0.717, 1.165) is 24.7 Å². The first-order valence-corrected chi connectivity index (χ1v) is 11.2. The molecule has 2 nitrogen and oxygen atoms in total. The summed E-state index contributed by atoms with van der Waals surface area (Å²) in [5.41, 5.74) is 2.86. The van der Waals surface area contributed by atoms with Crippen molar-refractivity contribution in [2.75, 3.05) is 13.1 Å². The predicted octanol–water partition coefficient (Wildman–Crippen LogP) is 6.08. The molecule has 0 aromatic heterocycles. The van der Waals surface area contributed by atoms with Gasteiger partial charge in [0.1, 0.15) is 0 Å². The average molecular weight is 452 g/mol. The zero-order chi connectivity index (χ0) is 19.6. The molecule has 0 aliphatic heterocycles. The molecule has 2 atom stereocenters. The van der Waals surface area contributed by atoms with Gasteiger partial charge in [-0.3, -0.25) is 0 Å². The SMILES string of the molecule is CC(Cc1ccccc1)NCC1CCC(CNC(C)Cc2ccccc2)CC1.Cl.Cl. The Morgan fingerprint density at radius 3 is 1.30 bits per heavy atom. The molecule has 2 aromatic rings. The molecule has 0 spiro atoms. The second-order valence-corrected chi connectivity index (χ2v) is 8.88. The molecular formula is C26H40Cl2N2. The van der Waals surface area contributed by atoms with Gasteiger partial charge in [-0.1, -0.05) is 60.7 Å². The van der Waals surface area contributed by atoms with E-state index in [9.17, 15) is 0 Å². The maximum absolute atomic E-state index is 3.78. The first-order valence-electron chi connectivity index (χ1n) is 11.2. The third-order valence-corrected chi connectivity index (χ3v) is 6.25. The number of hydrogen-bond acceptors (Lipinski definition) is 2. The van der Waals surface area contributed by atoms with E-state index in [2.05, 4.69) is 85.1 Å². The Kier molecular flexibility index (Phi) is 13.4. The van der Waals surface area contributed by atoms with Gasteiger partial charge in [0.2, 0.25) is 0 Å². The van der Waals surface area contributed by atoms with Crippen LogP contribution in [0.4, 0.5) is 0 Å². The Balaban J connectivity index is 0.00000225. The highest BCUT2D eigenvalue weighted by atomic mass is 35.5. The summed E-state index contributed by atoms with van der Waals surface area (Å²) in [5.74, 6) is 1.72. The smallest absolute Gasteiger partial charge is 0.00792 e. The Morgan fingerprint density at radius 2 is 0.967 bits per heavy atom. The van der Waals surface area contributed by atoms with Crippen LogP contribution in [0, 0.1) is 11.8 Å². The average Bonchev–Trinajstić information content (AvgIpc) is 2.73. The lowest BCUT2D eigenvalue weighted by atomic mass is 9.81. The summed E-state index contributed by atoms with van der Waals surface area (Å²) in [5, 5.41) is 7.56. The van der Waals surface area contributed by atoms with Gasteiger partial charge in [0.15, 0.2) is 0 Å². The molecule has 1 fully saturated rings. The summed E-state index contributed by atoms with van der Waals surface area (Å²) < 4.78 is 0. The van der Waals surface area contributed by atoms with Gasteiger partial charge in [0.25, 0.3) is 0 Å². The van der Waals surface area contributed by atoms with Crippen molar-refractivity contribution >= 4 is 24.8 Å². The second kappa shape index (κ2) is 14.9. The van der Waals surface area contributed by atoms with Crippen LogP contribution in [-0.2, 0) is 12.8 Å². The lowest BCUT2D eigenvalue weighted by Crippen LogP contribution is -2.37. The molecule has 0 radical (unpaired) electrons. The van der Waals surface area contributed by atoms with Crippen LogP contribution in [0.2, 0.25) is 0 Å². The summed E-state index contributed by atoms with van der Waals surface area (Å²) in [7, 11) is 0. The molecule has 3 rings (SSSR count). The highest BCUT2D eigenvalue weighted by Gasteiger charge is 2.21. The third-order valence-electron chi connectivity index (χ3n) is 6.25. The fourth-order valence-electron chi connectivity index (χ4n) is 4.46. The van der Waals surface area contributed by atoms with Crippen LogP contribution >= 0.6 is 24.8 Å². The highest BCUT2D eigenvalue weighted by molar-refractivity contribution is 5.85. The molecule has 1 aliphatic carbocycles. The number of nitrogens with one attached hydrogen (secondary N) is 2. The number of benzene rings is 2. The Bertz CT molecular complexity index is 598. The van der Waals surface area contributed by atoms with Crippen molar-refractivity contribution in [2.24, 2.45) is 11.8 Å². The van der Waals surface area contributed by atoms with Gasteiger partial charge in [-0.25, -0.2) is 0 Å². The van der Waals surface area contributed by atoms with E-state index in [1.54, 1.807) is 0 Å². The van der Waals surface area contributed by atoms with Crippen molar-refractivity contribution in [1.82, 2.24) is 10.6 Å². The molecule has 30 heavy (non-hydrogen) atoms. The van der Waals surface area contributed by atoms with E-state index in [0.29, 0.717) is 12.1 Å². The molecule has 2 unspecified atom stereocenters. The van der Waals surface area contributed by atoms with Crippen LogP contribution in [0.3, 0.4) is 0 Å². The van der Waals surface area contributed by atoms with E-state index in [1.165, 1.54) is 49.9 Å². The van der Waals surface area contributed by atoms with Crippen LogP contribution in [0.15, 0.2) is 60.7 Å². The summed E-state index contributed by atoms with van der Waals surface area (Å²) in [4.78, 5) is 0. The standard InChI is InChI=1S/C26H38N2.2ClH/c1-21(17-23-9-5-3-6-10-23)27-19-25-13-15-26(16-14-25)20-28-22(2)18-24-11-7-4-8-12-24;;/h3-12,21-22,25-28H,13-20H2,1-2H3;2*1H. The molecule has 4 heteroatoms. The number of hydrogen-bond donors (Lipinski definition) is 2. The number of rotatable bonds is 10. The van der Waals surface area contributed by atoms with Gasteiger partial charge in [-0.05, 0) is 88.4 Å². The maximum atomic E-state index is 3.78. The molecule has 1 saturated carbocycles. The fourth-order valence-corrected chi connectivity index (χ4v) is 4.46. The highest BCUT2D eigenvalue weighted by Crippen LogP contribution is 2.28. The predicted molar refractivity (Wildman–Crippen MR) is 135 cm³/mol. The Hall–Kier alpha value is -1.06. The van der Waals surface area contributed by atoms with E-state index in [1.807, 2.05) is 0 Å². The molecule has 2 N–H and O–H groups in total. The van der Waals surface area contributed by atoms with Crippen LogP contribution in [0.5, 0.6) is 0 Å². The monoisotopic (exact) mass is 450 g/mol. The van der Waals surface area contributed by atoms with Crippen molar-refractivity contribution < 1.29 is 0 Å². The Morgan fingerprint density at radius 1 is 0.633 bits per heavy atom. The summed E-state index contributed by atoms with van der Waals surface area (Å²) in [6, 6.07) is 22.8. The Labute approximate surface area is 196 Å². The zero-order valence-electron chi connectivity index (χ0n) is 18.6. The molecule has 0 bridgehead atoms.